The molecule has 2 heterocycles. The highest BCUT2D eigenvalue weighted by Crippen LogP contribution is 2.25. The van der Waals surface area contributed by atoms with Crippen LogP contribution in [0.1, 0.15) is 16.1 Å². The van der Waals surface area contributed by atoms with Gasteiger partial charge in [0.05, 0.1) is 12.1 Å². The standard InChI is InChI=1S/C16H13FN4O2S/c17-11-3-1-9(2-4-11)5-14(22)21-16-20-13(8-24-16)10-6-12(15(18)23)19-7-10/h1-4,6-8,19H,5H2,(H2,18,23)(H,20,21,22). The topological polar surface area (TPSA) is 101 Å². The van der Waals surface area contributed by atoms with Crippen LogP contribution >= 0.6 is 11.3 Å². The Morgan fingerprint density at radius 3 is 2.71 bits per heavy atom. The Balaban J connectivity index is 1.65. The molecule has 122 valence electrons. The number of anilines is 1. The van der Waals surface area contributed by atoms with Gasteiger partial charge >= 0.3 is 0 Å². The summed E-state index contributed by atoms with van der Waals surface area (Å²) >= 11 is 1.27. The van der Waals surface area contributed by atoms with Gasteiger partial charge in [-0.1, -0.05) is 12.1 Å². The van der Waals surface area contributed by atoms with Crippen LogP contribution in [0.15, 0.2) is 41.9 Å². The maximum absolute atomic E-state index is 12.8. The second-order valence-electron chi connectivity index (χ2n) is 5.06. The summed E-state index contributed by atoms with van der Waals surface area (Å²) in [6.45, 7) is 0. The molecule has 0 saturated heterocycles. The monoisotopic (exact) mass is 344 g/mol. The summed E-state index contributed by atoms with van der Waals surface area (Å²) in [6.07, 6.45) is 1.75. The van der Waals surface area contributed by atoms with Crippen LogP contribution in [0.4, 0.5) is 9.52 Å². The number of nitrogens with two attached hydrogens (primary N) is 1. The fourth-order valence-electron chi connectivity index (χ4n) is 2.10. The molecule has 0 atom stereocenters. The summed E-state index contributed by atoms with van der Waals surface area (Å²) in [5.41, 5.74) is 7.53. The maximum atomic E-state index is 12.8. The molecule has 0 radical (unpaired) electrons. The Morgan fingerprint density at radius 2 is 2.04 bits per heavy atom. The van der Waals surface area contributed by atoms with E-state index >= 15 is 0 Å². The zero-order chi connectivity index (χ0) is 17.1. The van der Waals surface area contributed by atoms with E-state index in [1.54, 1.807) is 29.8 Å². The number of aromatic amines is 1. The van der Waals surface area contributed by atoms with E-state index in [9.17, 15) is 14.0 Å². The fourth-order valence-corrected chi connectivity index (χ4v) is 2.84. The Morgan fingerprint density at radius 1 is 1.29 bits per heavy atom. The molecule has 0 fully saturated rings. The number of amides is 2. The molecule has 0 aliphatic rings. The molecule has 0 unspecified atom stereocenters. The average Bonchev–Trinajstić information content (AvgIpc) is 3.18. The lowest BCUT2D eigenvalue weighted by molar-refractivity contribution is -0.115. The number of nitrogens with zero attached hydrogens (tertiary/aromatic N) is 1. The number of nitrogens with one attached hydrogen (secondary N) is 2. The molecule has 6 nitrogen and oxygen atoms in total. The molecule has 4 N–H and O–H groups in total. The van der Waals surface area contributed by atoms with Crippen LogP contribution in [0.3, 0.4) is 0 Å². The smallest absolute Gasteiger partial charge is 0.265 e. The predicted molar refractivity (Wildman–Crippen MR) is 89.2 cm³/mol. The lowest BCUT2D eigenvalue weighted by atomic mass is 10.1. The molecule has 2 amide bonds. The molecule has 3 aromatic rings. The highest BCUT2D eigenvalue weighted by molar-refractivity contribution is 7.14. The van der Waals surface area contributed by atoms with E-state index in [0.29, 0.717) is 27.6 Å². The highest BCUT2D eigenvalue weighted by Gasteiger charge is 2.11. The molecule has 2 aromatic heterocycles. The van der Waals surface area contributed by atoms with E-state index in [4.69, 9.17) is 5.73 Å². The van der Waals surface area contributed by atoms with Gasteiger partial charge in [-0.2, -0.15) is 0 Å². The average molecular weight is 344 g/mol. The first-order valence-corrected chi connectivity index (χ1v) is 7.87. The molecular weight excluding hydrogens is 331 g/mol. The predicted octanol–water partition coefficient (Wildman–Crippen LogP) is 2.56. The van der Waals surface area contributed by atoms with Crippen molar-refractivity contribution in [1.82, 2.24) is 9.97 Å². The second-order valence-corrected chi connectivity index (χ2v) is 5.91. The number of carbonyl (C=O) groups is 2. The number of benzene rings is 1. The molecule has 1 aromatic carbocycles. The number of aromatic nitrogens is 2. The van der Waals surface area contributed by atoms with Crippen LogP contribution in [0.5, 0.6) is 0 Å². The minimum Gasteiger partial charge on any atom is -0.364 e. The third kappa shape index (κ3) is 3.66. The van der Waals surface area contributed by atoms with Crippen LogP contribution in [0.2, 0.25) is 0 Å². The first-order chi connectivity index (χ1) is 11.5. The molecule has 3 rings (SSSR count). The second kappa shape index (κ2) is 6.63. The SMILES string of the molecule is NC(=O)c1cc(-c2csc(NC(=O)Cc3ccc(F)cc3)n2)c[nH]1. The van der Waals surface area contributed by atoms with Crippen LogP contribution in [0.25, 0.3) is 11.3 Å². The molecule has 0 spiro atoms. The molecule has 8 heteroatoms. The van der Waals surface area contributed by atoms with Crippen molar-refractivity contribution < 1.29 is 14.0 Å². The quantitative estimate of drug-likeness (QED) is 0.663. The van der Waals surface area contributed by atoms with E-state index in [1.165, 1.54) is 23.5 Å². The van der Waals surface area contributed by atoms with Gasteiger partial charge in [0.15, 0.2) is 5.13 Å². The van der Waals surface area contributed by atoms with E-state index in [2.05, 4.69) is 15.3 Å². The van der Waals surface area contributed by atoms with Crippen LogP contribution in [-0.4, -0.2) is 21.8 Å². The van der Waals surface area contributed by atoms with Gasteiger partial charge in [-0.3, -0.25) is 9.59 Å². The molecule has 24 heavy (non-hydrogen) atoms. The zero-order valence-electron chi connectivity index (χ0n) is 12.4. The third-order valence-electron chi connectivity index (χ3n) is 3.27. The Kier molecular flexibility index (Phi) is 4.39. The maximum Gasteiger partial charge on any atom is 0.265 e. The number of thiazole rings is 1. The zero-order valence-corrected chi connectivity index (χ0v) is 13.2. The highest BCUT2D eigenvalue weighted by atomic mass is 32.1. The summed E-state index contributed by atoms with van der Waals surface area (Å²) in [5.74, 6) is -1.13. The minimum atomic E-state index is -0.552. The van der Waals surface area contributed by atoms with Gasteiger partial charge in [0, 0.05) is 17.1 Å². The number of carbonyl (C=O) groups excluding carboxylic acids is 2. The lowest BCUT2D eigenvalue weighted by Crippen LogP contribution is -2.14. The van der Waals surface area contributed by atoms with Crippen molar-refractivity contribution >= 4 is 28.3 Å². The van der Waals surface area contributed by atoms with E-state index in [-0.39, 0.29) is 18.1 Å². The van der Waals surface area contributed by atoms with E-state index in [0.717, 1.165) is 0 Å². The van der Waals surface area contributed by atoms with Gasteiger partial charge in [-0.25, -0.2) is 9.37 Å². The number of primary amides is 1. The molecule has 0 saturated carbocycles. The fraction of sp³-hybridized carbons (Fsp3) is 0.0625. The summed E-state index contributed by atoms with van der Waals surface area (Å²) in [4.78, 5) is 30.2. The van der Waals surface area contributed by atoms with Crippen molar-refractivity contribution in [2.75, 3.05) is 5.32 Å². The van der Waals surface area contributed by atoms with Crippen molar-refractivity contribution in [1.29, 1.82) is 0 Å². The molecule has 0 aliphatic carbocycles. The van der Waals surface area contributed by atoms with Crippen molar-refractivity contribution in [2.24, 2.45) is 5.73 Å². The summed E-state index contributed by atoms with van der Waals surface area (Å²) < 4.78 is 12.8. The van der Waals surface area contributed by atoms with Crippen LogP contribution < -0.4 is 11.1 Å². The minimum absolute atomic E-state index is 0.130. The van der Waals surface area contributed by atoms with Gasteiger partial charge in [0.1, 0.15) is 11.5 Å². The third-order valence-corrected chi connectivity index (χ3v) is 4.03. The largest absolute Gasteiger partial charge is 0.364 e. The van der Waals surface area contributed by atoms with Crippen LogP contribution in [-0.2, 0) is 11.2 Å². The Bertz CT molecular complexity index is 886. The van der Waals surface area contributed by atoms with Gasteiger partial charge < -0.3 is 16.0 Å². The number of rotatable bonds is 5. The van der Waals surface area contributed by atoms with E-state index in [1.807, 2.05) is 0 Å². The van der Waals surface area contributed by atoms with E-state index < -0.39 is 5.91 Å². The van der Waals surface area contributed by atoms with Crippen molar-refractivity contribution in [3.63, 3.8) is 0 Å². The molecular formula is C16H13FN4O2S. The summed E-state index contributed by atoms with van der Waals surface area (Å²) in [7, 11) is 0. The van der Waals surface area contributed by atoms with Gasteiger partial charge in [-0.05, 0) is 23.8 Å². The Hall–Kier alpha value is -3.00. The van der Waals surface area contributed by atoms with Crippen LogP contribution in [0, 0.1) is 5.82 Å². The number of hydrogen-bond donors (Lipinski definition) is 3. The summed E-state index contributed by atoms with van der Waals surface area (Å²) in [5, 5.41) is 4.91. The molecule has 0 aliphatic heterocycles. The Labute approximate surface area is 140 Å². The van der Waals surface area contributed by atoms with Gasteiger partial charge in [0.25, 0.3) is 5.91 Å². The van der Waals surface area contributed by atoms with Crippen molar-refractivity contribution in [3.05, 3.63) is 59.0 Å². The number of halogens is 1. The van der Waals surface area contributed by atoms with Crippen molar-refractivity contribution in [3.8, 4) is 11.3 Å². The summed E-state index contributed by atoms with van der Waals surface area (Å²) in [6, 6.07) is 7.35. The van der Waals surface area contributed by atoms with Crippen molar-refractivity contribution in [2.45, 2.75) is 6.42 Å². The normalized spacial score (nSPS) is 10.5. The lowest BCUT2D eigenvalue weighted by Gasteiger charge is -2.01. The number of hydrogen-bond acceptors (Lipinski definition) is 4. The van der Waals surface area contributed by atoms with Gasteiger partial charge in [-0.15, -0.1) is 11.3 Å². The first-order valence-electron chi connectivity index (χ1n) is 6.99. The molecule has 0 bridgehead atoms. The first kappa shape index (κ1) is 15.9. The number of H-pyrrole nitrogens is 1. The van der Waals surface area contributed by atoms with Gasteiger partial charge in [0.2, 0.25) is 5.91 Å².